The third kappa shape index (κ3) is 4.03. The second-order valence-electron chi connectivity index (χ2n) is 7.18. The minimum atomic E-state index is -0.601. The number of para-hydroxylation sites is 1. The van der Waals surface area contributed by atoms with Gasteiger partial charge in [-0.25, -0.2) is 9.79 Å². The first-order valence-corrected chi connectivity index (χ1v) is 11.3. The van der Waals surface area contributed by atoms with Gasteiger partial charge < -0.3 is 9.47 Å². The van der Waals surface area contributed by atoms with Gasteiger partial charge in [0.1, 0.15) is 5.75 Å². The lowest BCUT2D eigenvalue weighted by atomic mass is 9.96. The highest BCUT2D eigenvalue weighted by molar-refractivity contribution is 7.07. The molecule has 0 aliphatic carbocycles. The van der Waals surface area contributed by atoms with Crippen LogP contribution in [0.15, 0.2) is 75.7 Å². The minimum Gasteiger partial charge on any atom is -0.493 e. The van der Waals surface area contributed by atoms with Crippen molar-refractivity contribution in [2.45, 2.75) is 26.8 Å². The van der Waals surface area contributed by atoms with Crippen molar-refractivity contribution in [2.75, 3.05) is 13.2 Å². The average Bonchev–Trinajstić information content (AvgIpc) is 3.09. The van der Waals surface area contributed by atoms with Gasteiger partial charge in [-0.2, -0.15) is 0 Å². The fourth-order valence-corrected chi connectivity index (χ4v) is 4.81. The van der Waals surface area contributed by atoms with Crippen LogP contribution in [-0.4, -0.2) is 23.8 Å². The molecule has 0 bridgehead atoms. The highest BCUT2D eigenvalue weighted by Crippen LogP contribution is 2.30. The summed E-state index contributed by atoms with van der Waals surface area (Å²) in [6, 6.07) is 16.5. The number of allylic oxidation sites excluding steroid dienone is 1. The van der Waals surface area contributed by atoms with Crippen molar-refractivity contribution in [2.24, 2.45) is 4.99 Å². The molecule has 6 nitrogen and oxygen atoms in total. The number of thiazole rings is 1. The number of carbonyl (C=O) groups excluding carboxylic acids is 1. The summed E-state index contributed by atoms with van der Waals surface area (Å²) in [5.41, 5.74) is 2.37. The summed E-state index contributed by atoms with van der Waals surface area (Å²) >= 11 is 1.30. The standard InChI is InChI=1S/C25H24N2O4S/c1-4-30-19-14-10-9-13-18(19)15-20-23(28)27-22(17-11-7-6-8-12-17)21(24(29)31-5-2)16(3)26-25(27)32-20/h6-15,22H,4-5H2,1-3H3/t22-/m1/s1. The second kappa shape index (κ2) is 9.36. The summed E-state index contributed by atoms with van der Waals surface area (Å²) in [6.07, 6.45) is 1.82. The van der Waals surface area contributed by atoms with E-state index in [1.165, 1.54) is 11.3 Å². The molecule has 4 rings (SSSR count). The number of carbonyl (C=O) groups is 1. The highest BCUT2D eigenvalue weighted by atomic mass is 32.1. The zero-order valence-electron chi connectivity index (χ0n) is 18.2. The fraction of sp³-hybridized carbons (Fsp3) is 0.240. The van der Waals surface area contributed by atoms with Gasteiger partial charge in [-0.15, -0.1) is 0 Å². The van der Waals surface area contributed by atoms with E-state index in [9.17, 15) is 9.59 Å². The van der Waals surface area contributed by atoms with Gasteiger partial charge in [-0.3, -0.25) is 9.36 Å². The number of aromatic nitrogens is 1. The Balaban J connectivity index is 1.94. The van der Waals surface area contributed by atoms with Crippen LogP contribution in [0.1, 0.15) is 37.9 Å². The summed E-state index contributed by atoms with van der Waals surface area (Å²) in [5, 5.41) is 0. The van der Waals surface area contributed by atoms with Crippen LogP contribution in [-0.2, 0) is 9.53 Å². The van der Waals surface area contributed by atoms with Crippen LogP contribution in [0.5, 0.6) is 5.75 Å². The Morgan fingerprint density at radius 2 is 1.81 bits per heavy atom. The number of esters is 1. The molecule has 2 heterocycles. The Morgan fingerprint density at radius 1 is 1.09 bits per heavy atom. The molecule has 0 unspecified atom stereocenters. The van der Waals surface area contributed by atoms with Crippen LogP contribution in [0.2, 0.25) is 0 Å². The topological polar surface area (TPSA) is 69.9 Å². The van der Waals surface area contributed by atoms with Gasteiger partial charge in [0.2, 0.25) is 0 Å². The Hall–Kier alpha value is -3.45. The van der Waals surface area contributed by atoms with Crippen LogP contribution >= 0.6 is 11.3 Å². The largest absolute Gasteiger partial charge is 0.493 e. The molecule has 32 heavy (non-hydrogen) atoms. The number of hydrogen-bond donors (Lipinski definition) is 0. The summed E-state index contributed by atoms with van der Waals surface area (Å²) < 4.78 is 13.1. The number of rotatable bonds is 6. The van der Waals surface area contributed by atoms with Crippen molar-refractivity contribution in [1.29, 1.82) is 0 Å². The molecular weight excluding hydrogens is 424 g/mol. The molecule has 1 aromatic heterocycles. The third-order valence-electron chi connectivity index (χ3n) is 5.14. The molecule has 1 atom stereocenters. The van der Waals surface area contributed by atoms with Crippen LogP contribution in [0, 0.1) is 0 Å². The molecule has 0 amide bonds. The molecule has 7 heteroatoms. The smallest absolute Gasteiger partial charge is 0.338 e. The van der Waals surface area contributed by atoms with Crippen LogP contribution < -0.4 is 19.6 Å². The summed E-state index contributed by atoms with van der Waals surface area (Å²) in [4.78, 5) is 31.6. The van der Waals surface area contributed by atoms with E-state index < -0.39 is 12.0 Å². The van der Waals surface area contributed by atoms with Gasteiger partial charge in [0, 0.05) is 5.56 Å². The molecule has 0 saturated carbocycles. The molecule has 1 aliphatic heterocycles. The van der Waals surface area contributed by atoms with Crippen LogP contribution in [0.3, 0.4) is 0 Å². The average molecular weight is 449 g/mol. The number of nitrogens with zero attached hydrogens (tertiary/aromatic N) is 2. The van der Waals surface area contributed by atoms with Crippen molar-refractivity contribution in [3.05, 3.63) is 96.7 Å². The Morgan fingerprint density at radius 3 is 2.53 bits per heavy atom. The monoisotopic (exact) mass is 448 g/mol. The van der Waals surface area contributed by atoms with Crippen LogP contribution in [0.4, 0.5) is 0 Å². The van der Waals surface area contributed by atoms with Gasteiger partial charge in [0.15, 0.2) is 4.80 Å². The van der Waals surface area contributed by atoms with Crippen molar-refractivity contribution < 1.29 is 14.3 Å². The zero-order valence-corrected chi connectivity index (χ0v) is 19.0. The molecule has 164 valence electrons. The number of benzene rings is 2. The van der Waals surface area contributed by atoms with E-state index in [1.54, 1.807) is 18.4 Å². The first-order valence-electron chi connectivity index (χ1n) is 10.5. The van der Waals surface area contributed by atoms with Crippen LogP contribution in [0.25, 0.3) is 6.08 Å². The Bertz CT molecular complexity index is 1350. The molecule has 1 aliphatic rings. The molecule has 0 radical (unpaired) electrons. The van der Waals surface area contributed by atoms with E-state index in [0.29, 0.717) is 33.0 Å². The molecule has 0 saturated heterocycles. The minimum absolute atomic E-state index is 0.205. The normalized spacial score (nSPS) is 15.8. The lowest BCUT2D eigenvalue weighted by Crippen LogP contribution is -2.39. The quantitative estimate of drug-likeness (QED) is 0.543. The lowest BCUT2D eigenvalue weighted by molar-refractivity contribution is -0.139. The Labute approximate surface area is 189 Å². The van der Waals surface area contributed by atoms with Gasteiger partial charge in [-0.05, 0) is 38.5 Å². The Kier molecular flexibility index (Phi) is 6.37. The van der Waals surface area contributed by atoms with E-state index in [-0.39, 0.29) is 12.2 Å². The molecular formula is C25H24N2O4S. The number of hydrogen-bond acceptors (Lipinski definition) is 6. The molecule has 0 spiro atoms. The van der Waals surface area contributed by atoms with E-state index in [1.807, 2.05) is 67.6 Å². The number of ether oxygens (including phenoxy) is 2. The predicted molar refractivity (Wildman–Crippen MR) is 124 cm³/mol. The van der Waals surface area contributed by atoms with Crippen molar-refractivity contribution in [1.82, 2.24) is 4.57 Å². The zero-order chi connectivity index (χ0) is 22.7. The third-order valence-corrected chi connectivity index (χ3v) is 6.12. The van der Waals surface area contributed by atoms with Crippen molar-refractivity contribution in [3.63, 3.8) is 0 Å². The maximum Gasteiger partial charge on any atom is 0.338 e. The maximum atomic E-state index is 13.6. The van der Waals surface area contributed by atoms with E-state index in [0.717, 1.165) is 11.1 Å². The summed E-state index contributed by atoms with van der Waals surface area (Å²) in [6.45, 7) is 6.24. The van der Waals surface area contributed by atoms with Crippen molar-refractivity contribution >= 4 is 23.4 Å². The first-order chi connectivity index (χ1) is 15.5. The summed E-state index contributed by atoms with van der Waals surface area (Å²) in [5.74, 6) is 0.252. The number of fused-ring (bicyclic) bond motifs is 1. The summed E-state index contributed by atoms with van der Waals surface area (Å²) in [7, 11) is 0. The van der Waals surface area contributed by atoms with E-state index >= 15 is 0 Å². The van der Waals surface area contributed by atoms with Crippen molar-refractivity contribution in [3.8, 4) is 5.75 Å². The first kappa shape index (κ1) is 21.8. The molecule has 2 aromatic carbocycles. The molecule has 3 aromatic rings. The van der Waals surface area contributed by atoms with Gasteiger partial charge in [0.25, 0.3) is 5.56 Å². The van der Waals surface area contributed by atoms with Gasteiger partial charge in [-0.1, -0.05) is 59.9 Å². The molecule has 0 N–H and O–H groups in total. The SMILES string of the molecule is CCOC(=O)C1=C(C)N=c2sc(=Cc3ccccc3OCC)c(=O)n2[C@@H]1c1ccccc1. The second-order valence-corrected chi connectivity index (χ2v) is 8.19. The highest BCUT2D eigenvalue weighted by Gasteiger charge is 2.33. The van der Waals surface area contributed by atoms with E-state index in [4.69, 9.17) is 9.47 Å². The predicted octanol–water partition coefficient (Wildman–Crippen LogP) is 3.20. The van der Waals surface area contributed by atoms with Gasteiger partial charge in [0.05, 0.1) is 35.1 Å². The maximum absolute atomic E-state index is 13.6. The van der Waals surface area contributed by atoms with E-state index in [2.05, 4.69) is 4.99 Å². The van der Waals surface area contributed by atoms with Gasteiger partial charge >= 0.3 is 5.97 Å². The fourth-order valence-electron chi connectivity index (χ4n) is 3.77. The molecule has 0 fully saturated rings. The lowest BCUT2D eigenvalue weighted by Gasteiger charge is -2.24.